The van der Waals surface area contributed by atoms with Crippen molar-refractivity contribution in [1.82, 2.24) is 9.55 Å². The van der Waals surface area contributed by atoms with Crippen molar-refractivity contribution in [2.24, 2.45) is 0 Å². The van der Waals surface area contributed by atoms with E-state index in [0.717, 1.165) is 31.9 Å². The third-order valence-corrected chi connectivity index (χ3v) is 5.63. The van der Waals surface area contributed by atoms with Gasteiger partial charge in [-0.15, -0.1) is 0 Å². The second-order valence-corrected chi connectivity index (χ2v) is 7.57. The van der Waals surface area contributed by atoms with Crippen molar-refractivity contribution in [2.75, 3.05) is 11.4 Å². The first kappa shape index (κ1) is 16.9. The van der Waals surface area contributed by atoms with Crippen LogP contribution in [0.15, 0.2) is 48.2 Å². The zero-order valence-corrected chi connectivity index (χ0v) is 16.2. The fourth-order valence-electron chi connectivity index (χ4n) is 4.02. The van der Waals surface area contributed by atoms with Gasteiger partial charge in [-0.05, 0) is 56.9 Å². The molecule has 2 aromatic heterocycles. The topological polar surface area (TPSA) is 21.1 Å². The van der Waals surface area contributed by atoms with E-state index in [2.05, 4.69) is 73.6 Å². The molecule has 3 heterocycles. The van der Waals surface area contributed by atoms with Gasteiger partial charge in [0.15, 0.2) is 0 Å². The fraction of sp³-hybridized carbons (Fsp3) is 0.348. The van der Waals surface area contributed by atoms with E-state index in [0.29, 0.717) is 0 Å². The molecule has 3 nitrogen and oxygen atoms in total. The highest BCUT2D eigenvalue weighted by molar-refractivity contribution is 5.95. The molecule has 3 aromatic rings. The van der Waals surface area contributed by atoms with E-state index in [9.17, 15) is 0 Å². The lowest BCUT2D eigenvalue weighted by Gasteiger charge is -2.30. The van der Waals surface area contributed by atoms with Crippen LogP contribution < -0.4 is 4.90 Å². The van der Waals surface area contributed by atoms with E-state index >= 15 is 0 Å². The van der Waals surface area contributed by atoms with E-state index < -0.39 is 0 Å². The van der Waals surface area contributed by atoms with Gasteiger partial charge in [0, 0.05) is 36.9 Å². The second-order valence-electron chi connectivity index (χ2n) is 7.57. The Labute approximate surface area is 156 Å². The van der Waals surface area contributed by atoms with Crippen molar-refractivity contribution < 1.29 is 0 Å². The van der Waals surface area contributed by atoms with Crippen molar-refractivity contribution in [2.45, 2.75) is 47.2 Å². The van der Waals surface area contributed by atoms with E-state index in [1.807, 2.05) is 6.20 Å². The zero-order chi connectivity index (χ0) is 18.3. The van der Waals surface area contributed by atoms with Crippen LogP contribution >= 0.6 is 0 Å². The average molecular weight is 345 g/mol. The van der Waals surface area contributed by atoms with Crippen molar-refractivity contribution in [3.63, 3.8) is 0 Å². The van der Waals surface area contributed by atoms with Gasteiger partial charge in [-0.25, -0.2) is 4.98 Å². The largest absolute Gasteiger partial charge is 0.351 e. The lowest BCUT2D eigenvalue weighted by Crippen LogP contribution is -2.31. The molecular weight excluding hydrogens is 318 g/mol. The molecule has 1 aliphatic rings. The zero-order valence-electron chi connectivity index (χ0n) is 16.2. The number of fused-ring (bicyclic) bond motifs is 2. The lowest BCUT2D eigenvalue weighted by molar-refractivity contribution is 0.724. The van der Waals surface area contributed by atoms with E-state index in [1.54, 1.807) is 0 Å². The van der Waals surface area contributed by atoms with Crippen LogP contribution in [0.3, 0.4) is 0 Å². The highest BCUT2D eigenvalue weighted by Crippen LogP contribution is 2.34. The fourth-order valence-corrected chi connectivity index (χ4v) is 4.02. The van der Waals surface area contributed by atoms with Crippen molar-refractivity contribution in [1.29, 1.82) is 0 Å². The number of aromatic nitrogens is 2. The highest BCUT2D eigenvalue weighted by atomic mass is 15.2. The Bertz CT molecular complexity index is 990. The standard InChI is InChI=1S/C23H27N3/c1-16(2)10-14-26-18(4)17(3)22-21(26)9-12-24-23(22)25-13-11-19-7-5-6-8-20(19)15-25/h5-10,12H,11,13-15H2,1-4H3. The molecule has 0 spiro atoms. The lowest BCUT2D eigenvalue weighted by atomic mass is 9.99. The van der Waals surface area contributed by atoms with Crippen LogP contribution in [0.2, 0.25) is 0 Å². The molecule has 26 heavy (non-hydrogen) atoms. The number of rotatable bonds is 3. The minimum atomic E-state index is 0.921. The van der Waals surface area contributed by atoms with E-state index in [-0.39, 0.29) is 0 Å². The highest BCUT2D eigenvalue weighted by Gasteiger charge is 2.22. The van der Waals surface area contributed by atoms with Crippen LogP contribution in [-0.2, 0) is 19.5 Å². The van der Waals surface area contributed by atoms with Gasteiger partial charge in [0.1, 0.15) is 5.82 Å². The van der Waals surface area contributed by atoms with Gasteiger partial charge >= 0.3 is 0 Å². The van der Waals surface area contributed by atoms with Crippen LogP contribution in [0, 0.1) is 13.8 Å². The number of allylic oxidation sites excluding steroid dienone is 2. The first-order valence-electron chi connectivity index (χ1n) is 9.45. The van der Waals surface area contributed by atoms with Gasteiger partial charge in [0.2, 0.25) is 0 Å². The van der Waals surface area contributed by atoms with Gasteiger partial charge < -0.3 is 9.47 Å². The van der Waals surface area contributed by atoms with Gasteiger partial charge in [0.05, 0.1) is 5.52 Å². The Morgan fingerprint density at radius 1 is 1.12 bits per heavy atom. The Morgan fingerprint density at radius 3 is 2.65 bits per heavy atom. The summed E-state index contributed by atoms with van der Waals surface area (Å²) < 4.78 is 2.42. The minimum absolute atomic E-state index is 0.921. The van der Waals surface area contributed by atoms with Crippen molar-refractivity contribution in [3.8, 4) is 0 Å². The Balaban J connectivity index is 1.80. The summed E-state index contributed by atoms with van der Waals surface area (Å²) in [6.45, 7) is 11.7. The van der Waals surface area contributed by atoms with Crippen LogP contribution in [-0.4, -0.2) is 16.1 Å². The molecule has 1 aromatic carbocycles. The molecular formula is C23H27N3. The Morgan fingerprint density at radius 2 is 1.88 bits per heavy atom. The van der Waals surface area contributed by atoms with Crippen LogP contribution in [0.4, 0.5) is 5.82 Å². The van der Waals surface area contributed by atoms with Crippen LogP contribution in [0.1, 0.15) is 36.2 Å². The summed E-state index contributed by atoms with van der Waals surface area (Å²) in [4.78, 5) is 7.26. The van der Waals surface area contributed by atoms with Crippen molar-refractivity contribution in [3.05, 3.63) is 70.6 Å². The van der Waals surface area contributed by atoms with Crippen LogP contribution in [0.5, 0.6) is 0 Å². The first-order chi connectivity index (χ1) is 12.6. The maximum atomic E-state index is 4.81. The predicted octanol–water partition coefficient (Wildman–Crippen LogP) is 5.18. The molecule has 0 fully saturated rings. The van der Waals surface area contributed by atoms with Gasteiger partial charge in [-0.1, -0.05) is 35.9 Å². The Hall–Kier alpha value is -2.55. The molecule has 4 rings (SSSR count). The summed E-state index contributed by atoms with van der Waals surface area (Å²) in [6, 6.07) is 11.0. The summed E-state index contributed by atoms with van der Waals surface area (Å²) in [5.41, 5.74) is 8.24. The van der Waals surface area contributed by atoms with E-state index in [1.165, 1.54) is 38.9 Å². The van der Waals surface area contributed by atoms with Gasteiger partial charge in [0.25, 0.3) is 0 Å². The molecule has 134 valence electrons. The summed E-state index contributed by atoms with van der Waals surface area (Å²) in [5.74, 6) is 1.13. The molecule has 0 amide bonds. The van der Waals surface area contributed by atoms with Crippen molar-refractivity contribution >= 4 is 16.7 Å². The quantitative estimate of drug-likeness (QED) is 0.610. The second kappa shape index (κ2) is 6.64. The smallest absolute Gasteiger partial charge is 0.138 e. The molecule has 0 bridgehead atoms. The number of benzene rings is 1. The third-order valence-electron chi connectivity index (χ3n) is 5.63. The monoisotopic (exact) mass is 345 g/mol. The van der Waals surface area contributed by atoms with Crippen LogP contribution in [0.25, 0.3) is 10.9 Å². The predicted molar refractivity (Wildman–Crippen MR) is 110 cm³/mol. The number of hydrogen-bond acceptors (Lipinski definition) is 2. The number of pyridine rings is 1. The van der Waals surface area contributed by atoms with Gasteiger partial charge in [-0.2, -0.15) is 0 Å². The molecule has 0 N–H and O–H groups in total. The molecule has 0 aliphatic carbocycles. The third kappa shape index (κ3) is 2.82. The summed E-state index contributed by atoms with van der Waals surface area (Å²) >= 11 is 0. The molecule has 0 unspecified atom stereocenters. The molecule has 0 saturated heterocycles. The molecule has 0 saturated carbocycles. The number of aryl methyl sites for hydroxylation is 1. The Kier molecular flexibility index (Phi) is 4.31. The molecule has 3 heteroatoms. The maximum absolute atomic E-state index is 4.81. The maximum Gasteiger partial charge on any atom is 0.138 e. The number of hydrogen-bond donors (Lipinski definition) is 0. The minimum Gasteiger partial charge on any atom is -0.351 e. The molecule has 1 aliphatic heterocycles. The average Bonchev–Trinajstić information content (AvgIpc) is 2.90. The summed E-state index contributed by atoms with van der Waals surface area (Å²) in [5, 5.41) is 1.31. The molecule has 0 atom stereocenters. The number of anilines is 1. The summed E-state index contributed by atoms with van der Waals surface area (Å²) in [7, 11) is 0. The normalized spacial score (nSPS) is 13.8. The number of nitrogens with zero attached hydrogens (tertiary/aromatic N) is 3. The van der Waals surface area contributed by atoms with E-state index in [4.69, 9.17) is 4.98 Å². The molecule has 0 radical (unpaired) electrons. The van der Waals surface area contributed by atoms with Gasteiger partial charge in [-0.3, -0.25) is 0 Å². The summed E-state index contributed by atoms with van der Waals surface area (Å²) in [6.07, 6.45) is 5.35. The first-order valence-corrected chi connectivity index (χ1v) is 9.45. The SMILES string of the molecule is CC(C)=CCn1c(C)c(C)c2c(N3CCc4ccccc4C3)nccc21.